The second kappa shape index (κ2) is 6.01. The lowest BCUT2D eigenvalue weighted by molar-refractivity contribution is 0.245. The zero-order valence-corrected chi connectivity index (χ0v) is 11.1. The van der Waals surface area contributed by atoms with Crippen molar-refractivity contribution in [3.63, 3.8) is 0 Å². The summed E-state index contributed by atoms with van der Waals surface area (Å²) in [6, 6.07) is 10.9. The molecule has 1 aromatic carbocycles. The molecule has 2 unspecified atom stereocenters. The second-order valence-corrected chi connectivity index (χ2v) is 5.12. The summed E-state index contributed by atoms with van der Waals surface area (Å²) < 4.78 is 0. The summed E-state index contributed by atoms with van der Waals surface area (Å²) in [6.45, 7) is 4.28. The van der Waals surface area contributed by atoms with Crippen molar-refractivity contribution in [2.75, 3.05) is 13.1 Å². The van der Waals surface area contributed by atoms with Crippen LogP contribution in [0.1, 0.15) is 37.7 Å². The van der Waals surface area contributed by atoms with Gasteiger partial charge >= 0.3 is 0 Å². The van der Waals surface area contributed by atoms with Gasteiger partial charge in [0.15, 0.2) is 0 Å². The number of hydrogen-bond donors (Lipinski definition) is 2. The van der Waals surface area contributed by atoms with Crippen LogP contribution in [0.5, 0.6) is 0 Å². The lowest BCUT2D eigenvalue weighted by Gasteiger charge is -2.28. The lowest BCUT2D eigenvalue weighted by atomic mass is 9.97. The Labute approximate surface area is 109 Å². The largest absolute Gasteiger partial charge is 0.387 e. The molecule has 1 aliphatic rings. The van der Waals surface area contributed by atoms with Crippen LogP contribution in [0.3, 0.4) is 0 Å². The molecule has 98 valence electrons. The van der Waals surface area contributed by atoms with Gasteiger partial charge in [-0.25, -0.2) is 0 Å². The van der Waals surface area contributed by atoms with Crippen molar-refractivity contribution in [3.05, 3.63) is 35.9 Å². The summed E-state index contributed by atoms with van der Waals surface area (Å²) in [5, 5.41) is 7.83. The van der Waals surface area contributed by atoms with Crippen molar-refractivity contribution in [1.82, 2.24) is 4.90 Å². The Morgan fingerprint density at radius 1 is 1.44 bits per heavy atom. The maximum Gasteiger partial charge on any atom is 0.0995 e. The topological polar surface area (TPSA) is 53.1 Å². The molecule has 0 amide bonds. The van der Waals surface area contributed by atoms with Crippen LogP contribution >= 0.6 is 0 Å². The number of likely N-dealkylation sites (tertiary alicyclic amines) is 1. The summed E-state index contributed by atoms with van der Waals surface area (Å²) >= 11 is 0. The molecule has 0 bridgehead atoms. The van der Waals surface area contributed by atoms with E-state index in [1.807, 2.05) is 18.2 Å². The van der Waals surface area contributed by atoms with Crippen LogP contribution in [0.4, 0.5) is 0 Å². The Hall–Kier alpha value is -1.35. The fraction of sp³-hybridized carbons (Fsp3) is 0.533. The van der Waals surface area contributed by atoms with E-state index in [0.717, 1.165) is 18.7 Å². The van der Waals surface area contributed by atoms with Crippen molar-refractivity contribution < 1.29 is 0 Å². The van der Waals surface area contributed by atoms with E-state index < -0.39 is 0 Å². The molecular weight excluding hydrogens is 222 g/mol. The van der Waals surface area contributed by atoms with Gasteiger partial charge in [-0.2, -0.15) is 0 Å². The van der Waals surface area contributed by atoms with E-state index in [-0.39, 0.29) is 11.8 Å². The molecule has 0 radical (unpaired) electrons. The number of nitrogens with one attached hydrogen (secondary N) is 1. The van der Waals surface area contributed by atoms with Gasteiger partial charge in [0.05, 0.1) is 11.8 Å². The van der Waals surface area contributed by atoms with Crippen LogP contribution in [0.2, 0.25) is 0 Å². The molecule has 18 heavy (non-hydrogen) atoms. The molecule has 1 saturated heterocycles. The van der Waals surface area contributed by atoms with Crippen LogP contribution in [0.25, 0.3) is 0 Å². The van der Waals surface area contributed by atoms with E-state index in [2.05, 4.69) is 24.0 Å². The third kappa shape index (κ3) is 2.91. The van der Waals surface area contributed by atoms with Crippen molar-refractivity contribution in [3.8, 4) is 0 Å². The number of amidine groups is 1. The van der Waals surface area contributed by atoms with E-state index in [1.54, 1.807) is 0 Å². The van der Waals surface area contributed by atoms with Crippen LogP contribution < -0.4 is 5.73 Å². The summed E-state index contributed by atoms with van der Waals surface area (Å²) in [5.74, 6) is 0.321. The molecule has 3 N–H and O–H groups in total. The molecule has 0 aliphatic carbocycles. The van der Waals surface area contributed by atoms with Crippen LogP contribution in [0.15, 0.2) is 30.3 Å². The molecule has 2 atom stereocenters. The van der Waals surface area contributed by atoms with Gasteiger partial charge in [-0.1, -0.05) is 37.3 Å². The molecule has 1 fully saturated rings. The van der Waals surface area contributed by atoms with E-state index in [0.29, 0.717) is 6.04 Å². The minimum atomic E-state index is 0.0401. The van der Waals surface area contributed by atoms with Gasteiger partial charge in [0, 0.05) is 12.6 Å². The Morgan fingerprint density at radius 3 is 2.78 bits per heavy atom. The van der Waals surface area contributed by atoms with Crippen LogP contribution in [0, 0.1) is 5.41 Å². The normalized spacial score (nSPS) is 21.9. The first-order chi connectivity index (χ1) is 8.72. The van der Waals surface area contributed by atoms with E-state index in [9.17, 15) is 0 Å². The van der Waals surface area contributed by atoms with Gasteiger partial charge in [-0.3, -0.25) is 10.3 Å². The predicted molar refractivity (Wildman–Crippen MR) is 76.0 cm³/mol. The molecule has 0 saturated carbocycles. The third-order valence-corrected chi connectivity index (χ3v) is 3.96. The third-order valence-electron chi connectivity index (χ3n) is 3.96. The zero-order chi connectivity index (χ0) is 13.0. The van der Waals surface area contributed by atoms with Gasteiger partial charge in [0.1, 0.15) is 0 Å². The standard InChI is InChI=1S/C15H23N3/c1-2-13-9-6-10-18(13)11-14(15(16)17)12-7-4-3-5-8-12/h3-5,7-8,13-14H,2,6,9-11H2,1H3,(H3,16,17). The molecule has 1 heterocycles. The fourth-order valence-corrected chi connectivity index (χ4v) is 2.90. The lowest BCUT2D eigenvalue weighted by Crippen LogP contribution is -2.37. The second-order valence-electron chi connectivity index (χ2n) is 5.12. The molecule has 3 heteroatoms. The molecule has 1 aliphatic heterocycles. The summed E-state index contributed by atoms with van der Waals surface area (Å²) in [5.41, 5.74) is 6.95. The van der Waals surface area contributed by atoms with Gasteiger partial charge in [-0.05, 0) is 31.4 Å². The minimum Gasteiger partial charge on any atom is -0.387 e. The first-order valence-corrected chi connectivity index (χ1v) is 6.85. The maximum absolute atomic E-state index is 7.83. The molecule has 3 nitrogen and oxygen atoms in total. The average molecular weight is 245 g/mol. The highest BCUT2D eigenvalue weighted by atomic mass is 15.2. The number of hydrogen-bond acceptors (Lipinski definition) is 2. The van der Waals surface area contributed by atoms with Gasteiger partial charge in [0.2, 0.25) is 0 Å². The number of nitrogens with two attached hydrogens (primary N) is 1. The highest BCUT2D eigenvalue weighted by Gasteiger charge is 2.27. The highest BCUT2D eigenvalue weighted by molar-refractivity contribution is 5.84. The van der Waals surface area contributed by atoms with Crippen LogP contribution in [-0.2, 0) is 0 Å². The summed E-state index contributed by atoms with van der Waals surface area (Å²) in [4.78, 5) is 2.50. The van der Waals surface area contributed by atoms with E-state index in [1.165, 1.54) is 19.3 Å². The van der Waals surface area contributed by atoms with Gasteiger partial charge in [-0.15, -0.1) is 0 Å². The van der Waals surface area contributed by atoms with Gasteiger partial charge in [0.25, 0.3) is 0 Å². The molecule has 0 spiro atoms. The fourth-order valence-electron chi connectivity index (χ4n) is 2.90. The number of rotatable bonds is 5. The minimum absolute atomic E-state index is 0.0401. The summed E-state index contributed by atoms with van der Waals surface area (Å²) in [6.07, 6.45) is 3.76. The summed E-state index contributed by atoms with van der Waals surface area (Å²) in [7, 11) is 0. The van der Waals surface area contributed by atoms with Crippen molar-refractivity contribution >= 4 is 5.84 Å². The molecule has 1 aromatic rings. The first kappa shape index (κ1) is 13.1. The average Bonchev–Trinajstić information content (AvgIpc) is 2.83. The molecule has 0 aromatic heterocycles. The smallest absolute Gasteiger partial charge is 0.0995 e. The highest BCUT2D eigenvalue weighted by Crippen LogP contribution is 2.24. The monoisotopic (exact) mass is 245 g/mol. The van der Waals surface area contributed by atoms with Crippen molar-refractivity contribution in [2.24, 2.45) is 5.73 Å². The van der Waals surface area contributed by atoms with Gasteiger partial charge < -0.3 is 5.73 Å². The van der Waals surface area contributed by atoms with Crippen LogP contribution in [-0.4, -0.2) is 29.9 Å². The van der Waals surface area contributed by atoms with Crippen molar-refractivity contribution in [2.45, 2.75) is 38.1 Å². The maximum atomic E-state index is 7.83. The predicted octanol–water partition coefficient (Wildman–Crippen LogP) is 2.58. The Balaban J connectivity index is 2.10. The van der Waals surface area contributed by atoms with E-state index in [4.69, 9.17) is 11.1 Å². The quantitative estimate of drug-likeness (QED) is 0.619. The number of nitrogens with zero attached hydrogens (tertiary/aromatic N) is 1. The molecular formula is C15H23N3. The van der Waals surface area contributed by atoms with Crippen molar-refractivity contribution in [1.29, 1.82) is 5.41 Å². The Bertz CT molecular complexity index is 388. The number of benzene rings is 1. The molecule has 2 rings (SSSR count). The first-order valence-electron chi connectivity index (χ1n) is 6.85. The Morgan fingerprint density at radius 2 is 2.17 bits per heavy atom. The zero-order valence-electron chi connectivity index (χ0n) is 11.1. The Kier molecular flexibility index (Phi) is 4.37. The SMILES string of the molecule is CCC1CCCN1CC(C(=N)N)c1ccccc1. The van der Waals surface area contributed by atoms with E-state index >= 15 is 0 Å².